The van der Waals surface area contributed by atoms with Crippen LogP contribution in [0.4, 0.5) is 0 Å². The molecule has 7 rings (SSSR count). The molecule has 0 radical (unpaired) electrons. The van der Waals surface area contributed by atoms with Crippen LogP contribution < -0.4 is 0 Å². The molecule has 0 N–H and O–H groups in total. The number of benzene rings is 2. The Kier molecular flexibility index (Phi) is 5.37. The van der Waals surface area contributed by atoms with Crippen molar-refractivity contribution < 1.29 is 0 Å². The van der Waals surface area contributed by atoms with Gasteiger partial charge in [-0.1, -0.05) is 42.5 Å². The average Bonchev–Trinajstić information content (AvgIpc) is 3.01. The molecule has 0 spiro atoms. The van der Waals surface area contributed by atoms with Crippen molar-refractivity contribution in [2.24, 2.45) is 0 Å². The quantitative estimate of drug-likeness (QED) is 0.239. The summed E-state index contributed by atoms with van der Waals surface area (Å²) in [6.07, 6.45) is 9.06. The van der Waals surface area contributed by atoms with E-state index in [1.54, 1.807) is 12.4 Å². The summed E-state index contributed by atoms with van der Waals surface area (Å²) >= 11 is 0. The first-order chi connectivity index (χ1) is 18.8. The van der Waals surface area contributed by atoms with E-state index in [-0.39, 0.29) is 0 Å². The second-order valence-corrected chi connectivity index (χ2v) is 9.06. The fourth-order valence-corrected chi connectivity index (χ4v) is 4.86. The number of hydrogen-bond donors (Lipinski definition) is 0. The minimum absolute atomic E-state index is 0.826. The van der Waals surface area contributed by atoms with Crippen LogP contribution in [0.2, 0.25) is 0 Å². The zero-order valence-electron chi connectivity index (χ0n) is 20.4. The zero-order chi connectivity index (χ0) is 25.3. The van der Waals surface area contributed by atoms with Crippen molar-refractivity contribution in [2.45, 2.75) is 0 Å². The van der Waals surface area contributed by atoms with Crippen molar-refractivity contribution in [3.05, 3.63) is 128 Å². The van der Waals surface area contributed by atoms with Crippen LogP contribution in [0.15, 0.2) is 128 Å². The first kappa shape index (κ1) is 21.9. The third kappa shape index (κ3) is 3.96. The molecule has 38 heavy (non-hydrogen) atoms. The summed E-state index contributed by atoms with van der Waals surface area (Å²) in [4.78, 5) is 23.4. The second-order valence-electron chi connectivity index (χ2n) is 9.06. The van der Waals surface area contributed by atoms with Gasteiger partial charge in [0.05, 0.1) is 28.3 Å². The molecule has 5 aromatic heterocycles. The van der Waals surface area contributed by atoms with Crippen LogP contribution in [-0.2, 0) is 0 Å². The lowest BCUT2D eigenvalue weighted by molar-refractivity contribution is 1.26. The van der Waals surface area contributed by atoms with Gasteiger partial charge in [0, 0.05) is 52.9 Å². The Balaban J connectivity index is 1.42. The van der Waals surface area contributed by atoms with E-state index in [9.17, 15) is 0 Å². The Morgan fingerprint density at radius 1 is 0.421 bits per heavy atom. The lowest BCUT2D eigenvalue weighted by Crippen LogP contribution is -1.94. The van der Waals surface area contributed by atoms with Gasteiger partial charge in [-0.05, 0) is 71.1 Å². The summed E-state index contributed by atoms with van der Waals surface area (Å²) in [5, 5.41) is 3.39. The second kappa shape index (κ2) is 9.30. The van der Waals surface area contributed by atoms with Crippen LogP contribution in [0.25, 0.3) is 66.7 Å². The third-order valence-corrected chi connectivity index (χ3v) is 6.68. The first-order valence-corrected chi connectivity index (χ1v) is 12.4. The molecule has 0 fully saturated rings. The number of rotatable bonds is 4. The van der Waals surface area contributed by atoms with Crippen LogP contribution in [0.5, 0.6) is 0 Å². The maximum absolute atomic E-state index is 5.05. The number of pyridine rings is 5. The van der Waals surface area contributed by atoms with Crippen molar-refractivity contribution in [1.29, 1.82) is 0 Å². The summed E-state index contributed by atoms with van der Waals surface area (Å²) in [7, 11) is 0. The van der Waals surface area contributed by atoms with E-state index < -0.39 is 0 Å². The maximum Gasteiger partial charge on any atom is 0.0972 e. The van der Waals surface area contributed by atoms with Crippen molar-refractivity contribution >= 4 is 21.7 Å². The van der Waals surface area contributed by atoms with Gasteiger partial charge >= 0.3 is 0 Å². The maximum atomic E-state index is 5.05. The number of para-hydroxylation sites is 1. The number of hydrogen-bond acceptors (Lipinski definition) is 5. The van der Waals surface area contributed by atoms with Gasteiger partial charge in [-0.3, -0.25) is 15.0 Å². The summed E-state index contributed by atoms with van der Waals surface area (Å²) in [6, 6.07) is 32.9. The van der Waals surface area contributed by atoms with Crippen LogP contribution in [0, 0.1) is 0 Å². The fourth-order valence-electron chi connectivity index (χ4n) is 4.86. The molecule has 2 aromatic carbocycles. The Bertz CT molecular complexity index is 1860. The summed E-state index contributed by atoms with van der Waals surface area (Å²) in [6.45, 7) is 0. The minimum atomic E-state index is 0.826. The normalized spacial score (nSPS) is 11.2. The van der Waals surface area contributed by atoms with Gasteiger partial charge in [-0.25, -0.2) is 9.97 Å². The van der Waals surface area contributed by atoms with Crippen LogP contribution in [0.3, 0.4) is 0 Å². The Hall–Kier alpha value is -5.29. The van der Waals surface area contributed by atoms with E-state index in [2.05, 4.69) is 70.6 Å². The highest BCUT2D eigenvalue weighted by Gasteiger charge is 2.14. The molecule has 5 heteroatoms. The molecule has 178 valence electrons. The van der Waals surface area contributed by atoms with Crippen LogP contribution >= 0.6 is 0 Å². The first-order valence-electron chi connectivity index (χ1n) is 12.4. The van der Waals surface area contributed by atoms with Crippen molar-refractivity contribution in [1.82, 2.24) is 24.9 Å². The highest BCUT2D eigenvalue weighted by Crippen LogP contribution is 2.34. The highest BCUT2D eigenvalue weighted by atomic mass is 14.8. The van der Waals surface area contributed by atoms with E-state index in [0.29, 0.717) is 0 Å². The van der Waals surface area contributed by atoms with Gasteiger partial charge in [0.1, 0.15) is 0 Å². The number of fused-ring (bicyclic) bond motifs is 3. The van der Waals surface area contributed by atoms with Gasteiger partial charge in [0.15, 0.2) is 0 Å². The van der Waals surface area contributed by atoms with Gasteiger partial charge in [0.2, 0.25) is 0 Å². The summed E-state index contributed by atoms with van der Waals surface area (Å²) in [5.41, 5.74) is 8.33. The predicted molar refractivity (Wildman–Crippen MR) is 152 cm³/mol. The molecule has 0 saturated heterocycles. The van der Waals surface area contributed by atoms with Gasteiger partial charge in [0.25, 0.3) is 0 Å². The molecule has 0 aliphatic carbocycles. The van der Waals surface area contributed by atoms with E-state index in [1.165, 1.54) is 5.39 Å². The molecule has 0 bridgehead atoms. The number of nitrogens with zero attached hydrogens (tertiary/aromatic N) is 5. The number of aromatic nitrogens is 5. The van der Waals surface area contributed by atoms with E-state index in [4.69, 9.17) is 15.0 Å². The van der Waals surface area contributed by atoms with Gasteiger partial charge in [-0.15, -0.1) is 0 Å². The molecule has 0 aliphatic heterocycles. The fraction of sp³-hybridized carbons (Fsp3) is 0. The molecular formula is C33H21N5. The molecular weight excluding hydrogens is 466 g/mol. The van der Waals surface area contributed by atoms with E-state index in [1.807, 2.05) is 55.0 Å². The highest BCUT2D eigenvalue weighted by molar-refractivity contribution is 6.10. The molecule has 5 heterocycles. The van der Waals surface area contributed by atoms with Crippen LogP contribution in [-0.4, -0.2) is 24.9 Å². The molecule has 5 nitrogen and oxygen atoms in total. The van der Waals surface area contributed by atoms with Crippen molar-refractivity contribution in [3.63, 3.8) is 0 Å². The van der Waals surface area contributed by atoms with E-state index in [0.717, 1.165) is 61.3 Å². The van der Waals surface area contributed by atoms with Gasteiger partial charge < -0.3 is 0 Å². The SMILES string of the molecule is c1cncc(-c2cc(-c3ccnc(-c4nc5ccccc5c5ccccc45)c3)cc(-c3cccnc3)n2)c1. The third-order valence-electron chi connectivity index (χ3n) is 6.68. The van der Waals surface area contributed by atoms with E-state index >= 15 is 0 Å². The molecule has 0 aliphatic rings. The molecule has 0 atom stereocenters. The smallest absolute Gasteiger partial charge is 0.0972 e. The molecule has 7 aromatic rings. The monoisotopic (exact) mass is 487 g/mol. The average molecular weight is 488 g/mol. The standard InChI is InChI=1S/C33H21N5/c1-2-11-28-26(9-1)27-10-3-4-12-29(27)38-33(28)32-17-22(13-16-36-32)25-18-30(23-7-5-14-34-20-23)37-31(19-25)24-8-6-15-35-21-24/h1-21H. The molecule has 0 amide bonds. The minimum Gasteiger partial charge on any atom is -0.264 e. The van der Waals surface area contributed by atoms with Gasteiger partial charge in [-0.2, -0.15) is 0 Å². The summed E-state index contributed by atoms with van der Waals surface area (Å²) in [5.74, 6) is 0. The summed E-state index contributed by atoms with van der Waals surface area (Å²) < 4.78 is 0. The Morgan fingerprint density at radius 2 is 1.05 bits per heavy atom. The van der Waals surface area contributed by atoms with Crippen LogP contribution in [0.1, 0.15) is 0 Å². The van der Waals surface area contributed by atoms with Crippen molar-refractivity contribution in [3.8, 4) is 45.0 Å². The lowest BCUT2D eigenvalue weighted by Gasteiger charge is -2.12. The Morgan fingerprint density at radius 3 is 1.74 bits per heavy atom. The Labute approximate surface area is 219 Å². The largest absolute Gasteiger partial charge is 0.264 e. The molecule has 0 unspecified atom stereocenters. The lowest BCUT2D eigenvalue weighted by atomic mass is 9.99. The molecule has 0 saturated carbocycles. The van der Waals surface area contributed by atoms with Crippen molar-refractivity contribution in [2.75, 3.05) is 0 Å². The predicted octanol–water partition coefficient (Wildman–Crippen LogP) is 7.64. The zero-order valence-corrected chi connectivity index (χ0v) is 20.4. The topological polar surface area (TPSA) is 64.5 Å².